The number of nitrogens with one attached hydrogen (secondary N) is 1. The van der Waals surface area contributed by atoms with Crippen LogP contribution in [-0.4, -0.2) is 25.7 Å². The Balaban J connectivity index is 1.42. The highest BCUT2D eigenvalue weighted by atomic mass is 32.1. The zero-order valence-corrected chi connectivity index (χ0v) is 18.5. The first-order chi connectivity index (χ1) is 15.9. The van der Waals surface area contributed by atoms with Crippen molar-refractivity contribution in [3.63, 3.8) is 0 Å². The lowest BCUT2D eigenvalue weighted by Crippen LogP contribution is -2.16. The normalized spacial score (nSPS) is 11.4. The third kappa shape index (κ3) is 5.13. The molecular weight excluding hydrogens is 444 g/mol. The SMILES string of the molecule is CCc1nn2c(=O)cc(COc3ccc(/C=C(/C#N)C(=O)Nc4cc(C)on4)cc3)nc2s1. The van der Waals surface area contributed by atoms with Gasteiger partial charge in [-0.05, 0) is 37.1 Å². The Hall–Kier alpha value is -4.30. The Labute approximate surface area is 191 Å². The molecule has 0 atom stereocenters. The van der Waals surface area contributed by atoms with Gasteiger partial charge in [-0.3, -0.25) is 9.59 Å². The van der Waals surface area contributed by atoms with E-state index in [1.54, 1.807) is 37.3 Å². The number of carbonyl (C=O) groups is 1. The zero-order valence-electron chi connectivity index (χ0n) is 17.7. The van der Waals surface area contributed by atoms with Crippen molar-refractivity contribution in [2.45, 2.75) is 26.9 Å². The Morgan fingerprint density at radius 3 is 2.79 bits per heavy atom. The van der Waals surface area contributed by atoms with Crippen molar-refractivity contribution < 1.29 is 14.1 Å². The van der Waals surface area contributed by atoms with Gasteiger partial charge >= 0.3 is 0 Å². The number of carbonyl (C=O) groups excluding carboxylic acids is 1. The molecule has 33 heavy (non-hydrogen) atoms. The van der Waals surface area contributed by atoms with Crippen LogP contribution < -0.4 is 15.6 Å². The number of anilines is 1. The number of aryl methyl sites for hydroxylation is 2. The van der Waals surface area contributed by atoms with Gasteiger partial charge in [-0.15, -0.1) is 0 Å². The fraction of sp³-hybridized carbons (Fsp3) is 0.182. The second-order valence-corrected chi connectivity index (χ2v) is 7.97. The summed E-state index contributed by atoms with van der Waals surface area (Å²) in [5.41, 5.74) is 0.804. The van der Waals surface area contributed by atoms with E-state index in [1.165, 1.54) is 28.0 Å². The van der Waals surface area contributed by atoms with Crippen LogP contribution in [0.15, 0.2) is 51.3 Å². The molecule has 1 aromatic carbocycles. The van der Waals surface area contributed by atoms with Crippen LogP contribution in [0, 0.1) is 18.3 Å². The molecule has 11 heteroatoms. The fourth-order valence-electron chi connectivity index (χ4n) is 2.85. The van der Waals surface area contributed by atoms with Crippen LogP contribution in [0.1, 0.15) is 28.9 Å². The molecule has 1 N–H and O–H groups in total. The molecule has 3 aromatic heterocycles. The molecule has 166 valence electrons. The van der Waals surface area contributed by atoms with Crippen LogP contribution in [0.25, 0.3) is 11.0 Å². The van der Waals surface area contributed by atoms with E-state index in [0.29, 0.717) is 27.7 Å². The van der Waals surface area contributed by atoms with Crippen molar-refractivity contribution in [3.8, 4) is 11.8 Å². The number of rotatable bonds is 7. The van der Waals surface area contributed by atoms with Gasteiger partial charge in [0.1, 0.15) is 34.8 Å². The monoisotopic (exact) mass is 462 g/mol. The van der Waals surface area contributed by atoms with E-state index in [9.17, 15) is 14.9 Å². The molecule has 0 fully saturated rings. The molecular formula is C22H18N6O4S. The van der Waals surface area contributed by atoms with Gasteiger partial charge in [-0.25, -0.2) is 4.98 Å². The second kappa shape index (κ2) is 9.46. The molecule has 0 saturated carbocycles. The van der Waals surface area contributed by atoms with Crippen LogP contribution in [0.2, 0.25) is 0 Å². The number of hydrogen-bond acceptors (Lipinski definition) is 9. The number of nitrogens with zero attached hydrogens (tertiary/aromatic N) is 5. The maximum atomic E-state index is 12.3. The second-order valence-electron chi connectivity index (χ2n) is 6.93. The third-order valence-electron chi connectivity index (χ3n) is 4.45. The van der Waals surface area contributed by atoms with Crippen LogP contribution in [-0.2, 0) is 17.8 Å². The molecule has 1 amide bonds. The fourth-order valence-corrected chi connectivity index (χ4v) is 3.71. The number of fused-ring (bicyclic) bond motifs is 1. The molecule has 4 rings (SSSR count). The van der Waals surface area contributed by atoms with Crippen LogP contribution >= 0.6 is 11.3 Å². The molecule has 0 aliphatic rings. The lowest BCUT2D eigenvalue weighted by atomic mass is 10.1. The first-order valence-electron chi connectivity index (χ1n) is 9.93. The summed E-state index contributed by atoms with van der Waals surface area (Å²) in [6.07, 6.45) is 2.19. The Kier molecular flexibility index (Phi) is 6.28. The summed E-state index contributed by atoms with van der Waals surface area (Å²) in [6.45, 7) is 3.78. The van der Waals surface area contributed by atoms with E-state index in [-0.39, 0.29) is 23.6 Å². The maximum absolute atomic E-state index is 12.3. The number of benzene rings is 1. The zero-order chi connectivity index (χ0) is 23.4. The van der Waals surface area contributed by atoms with Gasteiger partial charge in [-0.2, -0.15) is 14.9 Å². The average molecular weight is 462 g/mol. The Bertz CT molecular complexity index is 1440. The van der Waals surface area contributed by atoms with E-state index in [4.69, 9.17) is 9.26 Å². The summed E-state index contributed by atoms with van der Waals surface area (Å²) in [5.74, 6) is 0.737. The van der Waals surface area contributed by atoms with Gasteiger partial charge in [0.2, 0.25) is 4.96 Å². The largest absolute Gasteiger partial charge is 0.487 e. The summed E-state index contributed by atoms with van der Waals surface area (Å²) in [5, 5.41) is 20.6. The minimum absolute atomic E-state index is 0.0849. The highest BCUT2D eigenvalue weighted by Crippen LogP contribution is 2.17. The molecule has 10 nitrogen and oxygen atoms in total. The number of hydrogen-bond donors (Lipinski definition) is 1. The van der Waals surface area contributed by atoms with Crippen molar-refractivity contribution in [3.05, 3.63) is 74.4 Å². The highest BCUT2D eigenvalue weighted by Gasteiger charge is 2.12. The molecule has 0 bridgehead atoms. The van der Waals surface area contributed by atoms with Gasteiger partial charge in [0.05, 0.1) is 5.69 Å². The van der Waals surface area contributed by atoms with E-state index in [0.717, 1.165) is 11.4 Å². The molecule has 0 radical (unpaired) electrons. The minimum Gasteiger partial charge on any atom is -0.487 e. The summed E-state index contributed by atoms with van der Waals surface area (Å²) < 4.78 is 11.9. The lowest BCUT2D eigenvalue weighted by Gasteiger charge is -2.06. The number of aromatic nitrogens is 4. The van der Waals surface area contributed by atoms with Crippen molar-refractivity contribution in [1.82, 2.24) is 19.8 Å². The Morgan fingerprint density at radius 2 is 2.12 bits per heavy atom. The van der Waals surface area contributed by atoms with Crippen molar-refractivity contribution >= 4 is 34.1 Å². The topological polar surface area (TPSA) is 135 Å². The van der Waals surface area contributed by atoms with Crippen molar-refractivity contribution in [1.29, 1.82) is 5.26 Å². The van der Waals surface area contributed by atoms with Crippen LogP contribution in [0.4, 0.5) is 5.82 Å². The number of nitriles is 1. The Morgan fingerprint density at radius 1 is 1.33 bits per heavy atom. The molecule has 0 unspecified atom stereocenters. The first-order valence-corrected chi connectivity index (χ1v) is 10.7. The summed E-state index contributed by atoms with van der Waals surface area (Å²) in [7, 11) is 0. The number of ether oxygens (including phenoxy) is 1. The average Bonchev–Trinajstić information content (AvgIpc) is 3.42. The standard InChI is InChI=1S/C22H18N6O4S/c1-3-19-26-28-20(29)10-16(24-22(28)33-19)12-31-17-6-4-14(5-7-17)9-15(11-23)21(30)25-18-8-13(2)32-27-18/h4-10H,3,12H2,1-2H3,(H,25,27,30)/b15-9-. The smallest absolute Gasteiger partial charge is 0.275 e. The van der Waals surface area contributed by atoms with E-state index in [2.05, 4.69) is 20.6 Å². The molecule has 0 saturated heterocycles. The summed E-state index contributed by atoms with van der Waals surface area (Å²) in [4.78, 5) is 29.5. The summed E-state index contributed by atoms with van der Waals surface area (Å²) in [6, 6.07) is 11.7. The molecule has 4 aromatic rings. The van der Waals surface area contributed by atoms with Gasteiger partial charge in [0.15, 0.2) is 5.82 Å². The molecule has 3 heterocycles. The van der Waals surface area contributed by atoms with E-state index in [1.807, 2.05) is 13.0 Å². The highest BCUT2D eigenvalue weighted by molar-refractivity contribution is 7.16. The van der Waals surface area contributed by atoms with Crippen molar-refractivity contribution in [2.75, 3.05) is 5.32 Å². The van der Waals surface area contributed by atoms with Crippen LogP contribution in [0.3, 0.4) is 0 Å². The van der Waals surface area contributed by atoms with Gasteiger partial charge in [0.25, 0.3) is 11.5 Å². The molecule has 0 aliphatic heterocycles. The lowest BCUT2D eigenvalue weighted by molar-refractivity contribution is -0.112. The number of amides is 1. The first kappa shape index (κ1) is 21.9. The minimum atomic E-state index is -0.590. The molecule has 0 spiro atoms. The van der Waals surface area contributed by atoms with Gasteiger partial charge in [0, 0.05) is 12.1 Å². The van der Waals surface area contributed by atoms with Gasteiger partial charge < -0.3 is 14.6 Å². The third-order valence-corrected chi connectivity index (χ3v) is 5.51. The summed E-state index contributed by atoms with van der Waals surface area (Å²) >= 11 is 1.37. The van der Waals surface area contributed by atoms with Gasteiger partial charge in [-0.1, -0.05) is 35.5 Å². The predicted molar refractivity (Wildman–Crippen MR) is 121 cm³/mol. The van der Waals surface area contributed by atoms with E-state index < -0.39 is 5.91 Å². The van der Waals surface area contributed by atoms with Crippen LogP contribution in [0.5, 0.6) is 5.75 Å². The quantitative estimate of drug-likeness (QED) is 0.327. The van der Waals surface area contributed by atoms with Crippen molar-refractivity contribution in [2.24, 2.45) is 0 Å². The predicted octanol–water partition coefficient (Wildman–Crippen LogP) is 3.13. The maximum Gasteiger partial charge on any atom is 0.275 e. The molecule has 0 aliphatic carbocycles. The van der Waals surface area contributed by atoms with E-state index >= 15 is 0 Å².